The van der Waals surface area contributed by atoms with Gasteiger partial charge in [-0.05, 0) is 12.8 Å². The smallest absolute Gasteiger partial charge is 0.726 e. The summed E-state index contributed by atoms with van der Waals surface area (Å²) in [5.74, 6) is 0. The van der Waals surface area contributed by atoms with Crippen LogP contribution in [-0.4, -0.2) is 39.2 Å². The van der Waals surface area contributed by atoms with Crippen LogP contribution in [0.5, 0.6) is 0 Å². The fourth-order valence-corrected chi connectivity index (χ4v) is 2.73. The third-order valence-corrected chi connectivity index (χ3v) is 4.36. The van der Waals surface area contributed by atoms with E-state index in [2.05, 4.69) is 22.2 Å². The predicted octanol–water partition coefficient (Wildman–Crippen LogP) is 3.64. The Morgan fingerprint density at radius 2 is 0.815 bits per heavy atom. The van der Waals surface area contributed by atoms with Crippen LogP contribution in [0.25, 0.3) is 0 Å². The first-order chi connectivity index (χ1) is 12.1. The number of rotatable bonds is 16. The number of unbranched alkanes of at least 4 members (excludes halogenated alkanes) is 10. The van der Waals surface area contributed by atoms with Gasteiger partial charge >= 0.3 is 19.5 Å². The molecule has 0 aromatic rings. The molecule has 0 atom stereocenters. The van der Waals surface area contributed by atoms with E-state index in [-0.39, 0.29) is 32.7 Å². The molecule has 0 N–H and O–H groups in total. The zero-order valence-electron chi connectivity index (χ0n) is 16.7. The molecule has 0 unspecified atom stereocenters. The molecule has 0 saturated heterocycles. The predicted molar refractivity (Wildman–Crippen MR) is 98.1 cm³/mol. The van der Waals surface area contributed by atoms with E-state index in [0.29, 0.717) is 12.8 Å². The van der Waals surface area contributed by atoms with Crippen LogP contribution in [-0.2, 0) is 48.6 Å². The molecule has 8 nitrogen and oxygen atoms in total. The molecule has 0 aliphatic carbocycles. The quantitative estimate of drug-likeness (QED) is 0.140. The Morgan fingerprint density at radius 1 is 0.556 bits per heavy atom. The summed E-state index contributed by atoms with van der Waals surface area (Å²) in [5.41, 5.74) is 0. The molecule has 0 saturated carbocycles. The van der Waals surface area contributed by atoms with Crippen LogP contribution in [0.15, 0.2) is 0 Å². The van der Waals surface area contributed by atoms with Crippen LogP contribution >= 0.6 is 0 Å². The van der Waals surface area contributed by atoms with Gasteiger partial charge in [-0.2, -0.15) is 0 Å². The van der Waals surface area contributed by atoms with Crippen molar-refractivity contribution in [2.45, 2.75) is 90.9 Å². The van der Waals surface area contributed by atoms with Gasteiger partial charge in [0.25, 0.3) is 0 Å². The van der Waals surface area contributed by atoms with Crippen LogP contribution in [0, 0.1) is 0 Å². The van der Waals surface area contributed by atoms with Gasteiger partial charge in [0.15, 0.2) is 0 Å². The van der Waals surface area contributed by atoms with Crippen molar-refractivity contribution in [3.05, 3.63) is 0 Å². The molecule has 0 aliphatic heterocycles. The maximum Gasteiger partial charge on any atom is 2.00 e. The largest absolute Gasteiger partial charge is 2.00 e. The zero-order valence-corrected chi connectivity index (χ0v) is 21.3. The fourth-order valence-electron chi connectivity index (χ4n) is 2.09. The number of hydrogen-bond acceptors (Lipinski definition) is 8. The van der Waals surface area contributed by atoms with Gasteiger partial charge in [-0.3, -0.25) is 8.37 Å². The molecule has 0 rings (SSSR count). The fraction of sp³-hybridized carbons (Fsp3) is 1.00. The van der Waals surface area contributed by atoms with E-state index in [0.717, 1.165) is 25.7 Å². The summed E-state index contributed by atoms with van der Waals surface area (Å²) in [6, 6.07) is 0. The van der Waals surface area contributed by atoms with Gasteiger partial charge < -0.3 is 9.11 Å². The van der Waals surface area contributed by atoms with Crippen molar-refractivity contribution in [2.75, 3.05) is 13.2 Å². The SMILES string of the molecule is CCCCCCCCOS(=O)(=O)[O-].CCCCCCCCOS(=O)(=O)[O-].[Zn+2]. The first-order valence-electron chi connectivity index (χ1n) is 9.32. The van der Waals surface area contributed by atoms with Crippen molar-refractivity contribution in [2.24, 2.45) is 0 Å². The molecule has 0 fully saturated rings. The first-order valence-corrected chi connectivity index (χ1v) is 12.0. The van der Waals surface area contributed by atoms with Crippen molar-refractivity contribution in [1.29, 1.82) is 0 Å². The summed E-state index contributed by atoms with van der Waals surface area (Å²) in [6.07, 6.45) is 12.4. The standard InChI is InChI=1S/2C8H18O4S.Zn/c2*1-2-3-4-5-6-7-8-12-13(9,10)11;/h2*2-8H2,1H3,(H,9,10,11);/q;;+2/p-2. The van der Waals surface area contributed by atoms with Gasteiger partial charge in [0.1, 0.15) is 0 Å². The molecule has 0 radical (unpaired) electrons. The summed E-state index contributed by atoms with van der Waals surface area (Å²) >= 11 is 0. The maximum absolute atomic E-state index is 9.99. The molecule has 0 spiro atoms. The van der Waals surface area contributed by atoms with Crippen molar-refractivity contribution in [1.82, 2.24) is 0 Å². The number of hydrogen-bond donors (Lipinski definition) is 0. The second kappa shape index (κ2) is 21.1. The zero-order chi connectivity index (χ0) is 20.3. The summed E-state index contributed by atoms with van der Waals surface area (Å²) in [5, 5.41) is 0. The second-order valence-corrected chi connectivity index (χ2v) is 8.10. The third-order valence-electron chi connectivity index (χ3n) is 3.45. The van der Waals surface area contributed by atoms with E-state index in [9.17, 15) is 25.9 Å². The first kappa shape index (κ1) is 32.0. The molecule has 0 amide bonds. The molecular weight excluding hydrogens is 450 g/mol. The maximum atomic E-state index is 9.99. The Bertz CT molecular complexity index is 449. The van der Waals surface area contributed by atoms with E-state index in [4.69, 9.17) is 0 Å². The van der Waals surface area contributed by atoms with Crippen LogP contribution < -0.4 is 0 Å². The van der Waals surface area contributed by atoms with Gasteiger partial charge in [0.2, 0.25) is 20.8 Å². The molecule has 160 valence electrons. The van der Waals surface area contributed by atoms with Gasteiger partial charge in [-0.15, -0.1) is 0 Å². The molecule has 0 heterocycles. The minimum absolute atomic E-state index is 0. The minimum atomic E-state index is -4.47. The molecular formula is C16H34O8S2Zn. The van der Waals surface area contributed by atoms with Crippen molar-refractivity contribution in [3.63, 3.8) is 0 Å². The van der Waals surface area contributed by atoms with Crippen molar-refractivity contribution in [3.8, 4) is 0 Å². The van der Waals surface area contributed by atoms with Gasteiger partial charge in [0, 0.05) is 0 Å². The van der Waals surface area contributed by atoms with Crippen LogP contribution in [0.2, 0.25) is 0 Å². The van der Waals surface area contributed by atoms with E-state index in [1.807, 2.05) is 0 Å². The van der Waals surface area contributed by atoms with Gasteiger partial charge in [-0.25, -0.2) is 16.8 Å². The average molecular weight is 484 g/mol. The van der Waals surface area contributed by atoms with Crippen molar-refractivity contribution < 1.29 is 53.8 Å². The normalized spacial score (nSPS) is 11.4. The average Bonchev–Trinajstić information content (AvgIpc) is 2.52. The van der Waals surface area contributed by atoms with E-state index < -0.39 is 20.8 Å². The topological polar surface area (TPSA) is 133 Å². The Hall–Kier alpha value is 0.363. The Kier molecular flexibility index (Phi) is 25.0. The summed E-state index contributed by atoms with van der Waals surface area (Å²) in [6.45, 7) is 4.32. The second-order valence-electron chi connectivity index (χ2n) is 6.00. The summed E-state index contributed by atoms with van der Waals surface area (Å²) in [4.78, 5) is 0. The Morgan fingerprint density at radius 3 is 1.07 bits per heavy atom. The van der Waals surface area contributed by atoms with Crippen LogP contribution in [0.1, 0.15) is 90.9 Å². The van der Waals surface area contributed by atoms with E-state index in [1.165, 1.54) is 38.5 Å². The van der Waals surface area contributed by atoms with Crippen LogP contribution in [0.4, 0.5) is 0 Å². The third kappa shape index (κ3) is 37.7. The Labute approximate surface area is 178 Å². The van der Waals surface area contributed by atoms with Crippen LogP contribution in [0.3, 0.4) is 0 Å². The summed E-state index contributed by atoms with van der Waals surface area (Å²) in [7, 11) is -8.94. The monoisotopic (exact) mass is 482 g/mol. The molecule has 27 heavy (non-hydrogen) atoms. The molecule has 11 heteroatoms. The minimum Gasteiger partial charge on any atom is -0.726 e. The molecule has 0 aliphatic rings. The summed E-state index contributed by atoms with van der Waals surface area (Å²) < 4.78 is 68.0. The Balaban J connectivity index is -0.000000411. The van der Waals surface area contributed by atoms with Gasteiger partial charge in [0.05, 0.1) is 13.2 Å². The molecule has 0 aromatic heterocycles. The van der Waals surface area contributed by atoms with Crippen molar-refractivity contribution >= 4 is 20.8 Å². The van der Waals surface area contributed by atoms with E-state index in [1.54, 1.807) is 0 Å². The van der Waals surface area contributed by atoms with E-state index >= 15 is 0 Å². The molecule has 0 aromatic carbocycles. The van der Waals surface area contributed by atoms with Gasteiger partial charge in [-0.1, -0.05) is 78.1 Å². The molecule has 0 bridgehead atoms.